The Kier molecular flexibility index (Phi) is 3.91. The lowest BCUT2D eigenvalue weighted by molar-refractivity contribution is 0.0408. The molecule has 1 aromatic heterocycles. The van der Waals surface area contributed by atoms with Crippen LogP contribution in [0.4, 0.5) is 0 Å². The highest BCUT2D eigenvalue weighted by Crippen LogP contribution is 2.42. The van der Waals surface area contributed by atoms with Gasteiger partial charge in [-0.1, -0.05) is 6.92 Å². The second kappa shape index (κ2) is 5.53. The average Bonchev–Trinajstić information content (AvgIpc) is 3.19. The second-order valence-corrected chi connectivity index (χ2v) is 6.94. The Balaban J connectivity index is 1.69. The maximum absolute atomic E-state index is 5.53. The van der Waals surface area contributed by atoms with E-state index in [1.165, 1.54) is 25.8 Å². The standard InChI is InChI=1S/C17H28N2O/c1-4-15-11-18-17(3,14-7-8-14)12-19(15)13(2)10-16-6-5-9-20-16/h5-6,9,13-15,18H,4,7-8,10-12H2,1-3H3. The van der Waals surface area contributed by atoms with Crippen molar-refractivity contribution in [3.63, 3.8) is 0 Å². The molecule has 3 heteroatoms. The summed E-state index contributed by atoms with van der Waals surface area (Å²) < 4.78 is 5.53. The zero-order valence-corrected chi connectivity index (χ0v) is 13.1. The van der Waals surface area contributed by atoms with Gasteiger partial charge in [0.2, 0.25) is 0 Å². The van der Waals surface area contributed by atoms with E-state index in [4.69, 9.17) is 4.42 Å². The van der Waals surface area contributed by atoms with Gasteiger partial charge in [0, 0.05) is 37.1 Å². The Morgan fingerprint density at radius 3 is 2.90 bits per heavy atom. The van der Waals surface area contributed by atoms with Gasteiger partial charge < -0.3 is 9.73 Å². The predicted octanol–water partition coefficient (Wildman–Crippen LogP) is 3.06. The van der Waals surface area contributed by atoms with Gasteiger partial charge in [0.05, 0.1) is 6.26 Å². The lowest BCUT2D eigenvalue weighted by atomic mass is 9.89. The maximum Gasteiger partial charge on any atom is 0.105 e. The first-order valence-corrected chi connectivity index (χ1v) is 8.15. The van der Waals surface area contributed by atoms with Crippen LogP contribution in [0.25, 0.3) is 0 Å². The van der Waals surface area contributed by atoms with Crippen LogP contribution in [0.2, 0.25) is 0 Å². The Bertz CT molecular complexity index is 426. The zero-order valence-electron chi connectivity index (χ0n) is 13.1. The molecule has 0 spiro atoms. The van der Waals surface area contributed by atoms with Gasteiger partial charge in [-0.3, -0.25) is 4.90 Å². The van der Waals surface area contributed by atoms with Gasteiger partial charge in [-0.2, -0.15) is 0 Å². The fourth-order valence-corrected chi connectivity index (χ4v) is 3.76. The van der Waals surface area contributed by atoms with Crippen LogP contribution in [0, 0.1) is 5.92 Å². The Morgan fingerprint density at radius 1 is 1.50 bits per heavy atom. The van der Waals surface area contributed by atoms with E-state index in [-0.39, 0.29) is 0 Å². The fourth-order valence-electron chi connectivity index (χ4n) is 3.76. The quantitative estimate of drug-likeness (QED) is 0.896. The van der Waals surface area contributed by atoms with Gasteiger partial charge in [-0.15, -0.1) is 0 Å². The van der Waals surface area contributed by atoms with Crippen LogP contribution in [0.1, 0.15) is 45.8 Å². The number of nitrogens with zero attached hydrogens (tertiary/aromatic N) is 1. The summed E-state index contributed by atoms with van der Waals surface area (Å²) in [6, 6.07) is 5.29. The Morgan fingerprint density at radius 2 is 2.30 bits per heavy atom. The van der Waals surface area contributed by atoms with Gasteiger partial charge >= 0.3 is 0 Å². The maximum atomic E-state index is 5.53. The van der Waals surface area contributed by atoms with Crippen LogP contribution in [0.3, 0.4) is 0 Å². The lowest BCUT2D eigenvalue weighted by Crippen LogP contribution is -2.65. The number of furan rings is 1. The molecule has 3 unspecified atom stereocenters. The van der Waals surface area contributed by atoms with Crippen molar-refractivity contribution in [2.45, 2.75) is 64.1 Å². The highest BCUT2D eigenvalue weighted by atomic mass is 16.3. The van der Waals surface area contributed by atoms with Gasteiger partial charge in [0.15, 0.2) is 0 Å². The molecule has 1 saturated carbocycles. The summed E-state index contributed by atoms with van der Waals surface area (Å²) in [5.74, 6) is 2.00. The molecule has 2 heterocycles. The van der Waals surface area contributed by atoms with Crippen LogP contribution in [0.15, 0.2) is 22.8 Å². The van der Waals surface area contributed by atoms with E-state index < -0.39 is 0 Å². The van der Waals surface area contributed by atoms with E-state index in [1.807, 2.05) is 6.07 Å². The zero-order chi connectivity index (χ0) is 14.2. The first-order valence-electron chi connectivity index (χ1n) is 8.15. The molecule has 1 aromatic rings. The van der Waals surface area contributed by atoms with Crippen LogP contribution in [-0.2, 0) is 6.42 Å². The first kappa shape index (κ1) is 14.2. The van der Waals surface area contributed by atoms with Crippen molar-refractivity contribution in [1.29, 1.82) is 0 Å². The first-order chi connectivity index (χ1) is 9.62. The molecule has 3 rings (SSSR count). The normalized spacial score (nSPS) is 33.2. The fraction of sp³-hybridized carbons (Fsp3) is 0.765. The summed E-state index contributed by atoms with van der Waals surface area (Å²) in [7, 11) is 0. The van der Waals surface area contributed by atoms with Gasteiger partial charge in [0.25, 0.3) is 0 Å². The third-order valence-corrected chi connectivity index (χ3v) is 5.31. The van der Waals surface area contributed by atoms with Gasteiger partial charge in [-0.25, -0.2) is 0 Å². The van der Waals surface area contributed by atoms with Crippen molar-refractivity contribution in [3.05, 3.63) is 24.2 Å². The summed E-state index contributed by atoms with van der Waals surface area (Å²) in [4.78, 5) is 2.72. The van der Waals surface area contributed by atoms with E-state index in [1.54, 1.807) is 6.26 Å². The third kappa shape index (κ3) is 2.79. The van der Waals surface area contributed by atoms with Crippen LogP contribution in [-0.4, -0.2) is 35.6 Å². The monoisotopic (exact) mass is 276 g/mol. The Labute approximate surface area is 122 Å². The molecule has 3 nitrogen and oxygen atoms in total. The molecule has 1 aliphatic heterocycles. The van der Waals surface area contributed by atoms with Crippen molar-refractivity contribution < 1.29 is 4.42 Å². The number of rotatable bonds is 5. The van der Waals surface area contributed by atoms with Crippen LogP contribution < -0.4 is 5.32 Å². The highest BCUT2D eigenvalue weighted by Gasteiger charge is 2.46. The smallest absolute Gasteiger partial charge is 0.105 e. The molecule has 3 atom stereocenters. The van der Waals surface area contributed by atoms with E-state index in [9.17, 15) is 0 Å². The van der Waals surface area contributed by atoms with Gasteiger partial charge in [-0.05, 0) is 51.2 Å². The number of hydrogen-bond acceptors (Lipinski definition) is 3. The van der Waals surface area contributed by atoms with E-state index in [2.05, 4.69) is 37.1 Å². The molecule has 0 amide bonds. The minimum Gasteiger partial charge on any atom is -0.469 e. The molecule has 112 valence electrons. The lowest BCUT2D eigenvalue weighted by Gasteiger charge is -2.49. The molecule has 2 aliphatic rings. The summed E-state index contributed by atoms with van der Waals surface area (Å²) in [5.41, 5.74) is 0.323. The average molecular weight is 276 g/mol. The molecule has 0 aromatic carbocycles. The number of hydrogen-bond donors (Lipinski definition) is 1. The molecule has 0 bridgehead atoms. The summed E-state index contributed by atoms with van der Waals surface area (Å²) >= 11 is 0. The molecular weight excluding hydrogens is 248 g/mol. The summed E-state index contributed by atoms with van der Waals surface area (Å²) in [6.45, 7) is 9.38. The molecule has 1 saturated heterocycles. The van der Waals surface area contributed by atoms with Gasteiger partial charge in [0.1, 0.15) is 5.76 Å². The molecule has 20 heavy (non-hydrogen) atoms. The number of piperazine rings is 1. The Hall–Kier alpha value is -0.800. The third-order valence-electron chi connectivity index (χ3n) is 5.31. The van der Waals surface area contributed by atoms with Crippen molar-refractivity contribution >= 4 is 0 Å². The van der Waals surface area contributed by atoms with Crippen molar-refractivity contribution in [2.24, 2.45) is 5.92 Å². The van der Waals surface area contributed by atoms with Crippen molar-refractivity contribution in [1.82, 2.24) is 10.2 Å². The highest BCUT2D eigenvalue weighted by molar-refractivity contribution is 5.06. The van der Waals surface area contributed by atoms with Crippen LogP contribution in [0.5, 0.6) is 0 Å². The summed E-state index contributed by atoms with van der Waals surface area (Å²) in [6.07, 6.45) is 6.83. The minimum absolute atomic E-state index is 0.323. The molecule has 2 fully saturated rings. The van der Waals surface area contributed by atoms with Crippen molar-refractivity contribution in [2.75, 3.05) is 13.1 Å². The molecular formula is C17H28N2O. The molecule has 1 aliphatic carbocycles. The van der Waals surface area contributed by atoms with E-state index >= 15 is 0 Å². The van der Waals surface area contributed by atoms with E-state index in [0.717, 1.165) is 24.6 Å². The molecule has 0 radical (unpaired) electrons. The van der Waals surface area contributed by atoms with Crippen molar-refractivity contribution in [3.8, 4) is 0 Å². The number of nitrogens with one attached hydrogen (secondary N) is 1. The topological polar surface area (TPSA) is 28.4 Å². The predicted molar refractivity (Wildman–Crippen MR) is 81.8 cm³/mol. The molecule has 1 N–H and O–H groups in total. The SMILES string of the molecule is CCC1CNC(C)(C2CC2)CN1C(C)Cc1ccco1. The van der Waals surface area contributed by atoms with Crippen LogP contribution >= 0.6 is 0 Å². The minimum atomic E-state index is 0.323. The van der Waals surface area contributed by atoms with E-state index in [0.29, 0.717) is 17.6 Å². The second-order valence-electron chi connectivity index (χ2n) is 6.94. The summed E-state index contributed by atoms with van der Waals surface area (Å²) in [5, 5.41) is 3.84. The largest absolute Gasteiger partial charge is 0.469 e.